The standard InChI is InChI=1S/C17H24N4O3/c1-11(21(3)10-16(23)19-14-6-7-14)17(24)20-15-8-4-13(5-9-15)18-12(2)22/h4-5,8-9,11,14H,6-7,10H2,1-3H3,(H,18,22)(H,19,23)(H,20,24)/t11-/m0/s1. The molecule has 0 saturated heterocycles. The van der Waals surface area contributed by atoms with Gasteiger partial charge in [-0.2, -0.15) is 0 Å². The molecule has 3 amide bonds. The predicted octanol–water partition coefficient (Wildman–Crippen LogP) is 1.18. The van der Waals surface area contributed by atoms with E-state index in [1.165, 1.54) is 6.92 Å². The van der Waals surface area contributed by atoms with E-state index in [9.17, 15) is 14.4 Å². The number of anilines is 2. The SMILES string of the molecule is CC(=O)Nc1ccc(NC(=O)[C@H](C)N(C)CC(=O)NC2CC2)cc1. The van der Waals surface area contributed by atoms with Crippen molar-refractivity contribution in [2.24, 2.45) is 0 Å². The van der Waals surface area contributed by atoms with Gasteiger partial charge in [-0.15, -0.1) is 0 Å². The first kappa shape index (κ1) is 17.9. The summed E-state index contributed by atoms with van der Waals surface area (Å²) in [6.07, 6.45) is 2.08. The van der Waals surface area contributed by atoms with Gasteiger partial charge in [0, 0.05) is 24.3 Å². The van der Waals surface area contributed by atoms with Crippen LogP contribution in [0, 0.1) is 0 Å². The third-order valence-electron chi connectivity index (χ3n) is 3.85. The summed E-state index contributed by atoms with van der Waals surface area (Å²) in [5, 5.41) is 8.37. The molecule has 0 unspecified atom stereocenters. The maximum Gasteiger partial charge on any atom is 0.241 e. The fourth-order valence-electron chi connectivity index (χ4n) is 2.15. The van der Waals surface area contributed by atoms with Crippen molar-refractivity contribution in [2.45, 2.75) is 38.8 Å². The zero-order valence-corrected chi connectivity index (χ0v) is 14.3. The second-order valence-corrected chi connectivity index (χ2v) is 6.18. The Morgan fingerprint density at radius 2 is 1.67 bits per heavy atom. The molecule has 24 heavy (non-hydrogen) atoms. The van der Waals surface area contributed by atoms with Crippen LogP contribution in [0.15, 0.2) is 24.3 Å². The van der Waals surface area contributed by atoms with Crippen molar-refractivity contribution < 1.29 is 14.4 Å². The Hall–Kier alpha value is -2.41. The summed E-state index contributed by atoms with van der Waals surface area (Å²) < 4.78 is 0. The van der Waals surface area contributed by atoms with Crippen molar-refractivity contribution in [3.05, 3.63) is 24.3 Å². The maximum atomic E-state index is 12.3. The molecule has 0 aromatic heterocycles. The molecule has 1 aliphatic carbocycles. The zero-order valence-electron chi connectivity index (χ0n) is 14.3. The summed E-state index contributed by atoms with van der Waals surface area (Å²) in [5.74, 6) is -0.394. The molecule has 1 aliphatic rings. The van der Waals surface area contributed by atoms with E-state index in [2.05, 4.69) is 16.0 Å². The lowest BCUT2D eigenvalue weighted by atomic mass is 10.2. The van der Waals surface area contributed by atoms with E-state index in [0.717, 1.165) is 12.8 Å². The van der Waals surface area contributed by atoms with Gasteiger partial charge in [0.05, 0.1) is 12.6 Å². The average molecular weight is 332 g/mol. The van der Waals surface area contributed by atoms with Gasteiger partial charge in [0.1, 0.15) is 0 Å². The lowest BCUT2D eigenvalue weighted by molar-refractivity contribution is -0.125. The number of hydrogen-bond acceptors (Lipinski definition) is 4. The monoisotopic (exact) mass is 332 g/mol. The van der Waals surface area contributed by atoms with Crippen LogP contribution in [0.4, 0.5) is 11.4 Å². The summed E-state index contributed by atoms with van der Waals surface area (Å²) >= 11 is 0. The van der Waals surface area contributed by atoms with Gasteiger partial charge in [-0.25, -0.2) is 0 Å². The van der Waals surface area contributed by atoms with Crippen molar-refractivity contribution in [3.63, 3.8) is 0 Å². The summed E-state index contributed by atoms with van der Waals surface area (Å²) in [5.41, 5.74) is 1.30. The number of nitrogens with zero attached hydrogens (tertiary/aromatic N) is 1. The summed E-state index contributed by atoms with van der Waals surface area (Å²) in [7, 11) is 1.75. The number of amides is 3. The number of carbonyl (C=O) groups is 3. The van der Waals surface area contributed by atoms with E-state index in [1.807, 2.05) is 0 Å². The Kier molecular flexibility index (Phi) is 5.92. The van der Waals surface area contributed by atoms with Crippen molar-refractivity contribution >= 4 is 29.1 Å². The van der Waals surface area contributed by atoms with Crippen molar-refractivity contribution in [3.8, 4) is 0 Å². The van der Waals surface area contributed by atoms with E-state index in [-0.39, 0.29) is 24.3 Å². The molecule has 0 heterocycles. The Morgan fingerprint density at radius 1 is 1.12 bits per heavy atom. The topological polar surface area (TPSA) is 90.5 Å². The molecule has 3 N–H and O–H groups in total. The molecule has 7 nitrogen and oxygen atoms in total. The predicted molar refractivity (Wildman–Crippen MR) is 92.6 cm³/mol. The first-order valence-electron chi connectivity index (χ1n) is 8.03. The van der Waals surface area contributed by atoms with Gasteiger partial charge in [-0.1, -0.05) is 0 Å². The minimum absolute atomic E-state index is 0.0562. The Labute approximate surface area is 141 Å². The van der Waals surface area contributed by atoms with Crippen LogP contribution >= 0.6 is 0 Å². The average Bonchev–Trinajstić information content (AvgIpc) is 3.31. The smallest absolute Gasteiger partial charge is 0.241 e. The van der Waals surface area contributed by atoms with Gasteiger partial charge in [-0.3, -0.25) is 19.3 Å². The summed E-state index contributed by atoms with van der Waals surface area (Å²) in [6.45, 7) is 3.38. The maximum absolute atomic E-state index is 12.3. The van der Waals surface area contributed by atoms with Crippen LogP contribution in [-0.2, 0) is 14.4 Å². The molecule has 0 bridgehead atoms. The summed E-state index contributed by atoms with van der Waals surface area (Å²) in [4.78, 5) is 36.8. The number of hydrogen-bond donors (Lipinski definition) is 3. The number of nitrogens with one attached hydrogen (secondary N) is 3. The number of likely N-dealkylation sites (N-methyl/N-ethyl adjacent to an activating group) is 1. The van der Waals surface area contributed by atoms with Gasteiger partial charge in [0.2, 0.25) is 17.7 Å². The van der Waals surface area contributed by atoms with E-state index in [4.69, 9.17) is 0 Å². The highest BCUT2D eigenvalue weighted by Crippen LogP contribution is 2.18. The van der Waals surface area contributed by atoms with Crippen LogP contribution in [-0.4, -0.2) is 48.3 Å². The fourth-order valence-corrected chi connectivity index (χ4v) is 2.15. The molecule has 1 fully saturated rings. The van der Waals surface area contributed by atoms with Crippen LogP contribution in [0.5, 0.6) is 0 Å². The van der Waals surface area contributed by atoms with Crippen LogP contribution < -0.4 is 16.0 Å². The van der Waals surface area contributed by atoms with Crippen LogP contribution in [0.1, 0.15) is 26.7 Å². The molecule has 2 rings (SSSR count). The van der Waals surface area contributed by atoms with E-state index < -0.39 is 6.04 Å². The first-order valence-corrected chi connectivity index (χ1v) is 8.03. The fraction of sp³-hybridized carbons (Fsp3) is 0.471. The molecule has 0 aliphatic heterocycles. The number of carbonyl (C=O) groups excluding carboxylic acids is 3. The third-order valence-corrected chi connectivity index (χ3v) is 3.85. The quantitative estimate of drug-likeness (QED) is 0.699. The molecular formula is C17H24N4O3. The highest BCUT2D eigenvalue weighted by molar-refractivity contribution is 5.95. The molecule has 130 valence electrons. The molecule has 0 spiro atoms. The molecule has 1 aromatic carbocycles. The summed E-state index contributed by atoms with van der Waals surface area (Å²) in [6, 6.07) is 6.75. The van der Waals surface area contributed by atoms with E-state index in [0.29, 0.717) is 17.4 Å². The second-order valence-electron chi connectivity index (χ2n) is 6.18. The van der Waals surface area contributed by atoms with Gasteiger partial charge >= 0.3 is 0 Å². The third kappa shape index (κ3) is 5.66. The minimum Gasteiger partial charge on any atom is -0.352 e. The second kappa shape index (κ2) is 7.92. The van der Waals surface area contributed by atoms with E-state index in [1.54, 1.807) is 43.1 Å². The highest BCUT2D eigenvalue weighted by Gasteiger charge is 2.25. The normalized spacial score (nSPS) is 14.8. The van der Waals surface area contributed by atoms with Crippen molar-refractivity contribution in [1.29, 1.82) is 0 Å². The number of benzene rings is 1. The first-order chi connectivity index (χ1) is 11.3. The lowest BCUT2D eigenvalue weighted by Gasteiger charge is -2.23. The zero-order chi connectivity index (χ0) is 17.7. The van der Waals surface area contributed by atoms with Gasteiger partial charge < -0.3 is 16.0 Å². The number of rotatable bonds is 7. The van der Waals surface area contributed by atoms with Gasteiger partial charge in [0.25, 0.3) is 0 Å². The van der Waals surface area contributed by atoms with Gasteiger partial charge in [-0.05, 0) is 51.1 Å². The molecule has 1 aromatic rings. The molecule has 1 saturated carbocycles. The Balaban J connectivity index is 1.83. The van der Waals surface area contributed by atoms with Crippen LogP contribution in [0.25, 0.3) is 0 Å². The molecular weight excluding hydrogens is 308 g/mol. The minimum atomic E-state index is -0.440. The van der Waals surface area contributed by atoms with E-state index >= 15 is 0 Å². The van der Waals surface area contributed by atoms with Crippen molar-refractivity contribution in [2.75, 3.05) is 24.2 Å². The molecule has 1 atom stereocenters. The lowest BCUT2D eigenvalue weighted by Crippen LogP contribution is -2.45. The van der Waals surface area contributed by atoms with Gasteiger partial charge in [0.15, 0.2) is 0 Å². The van der Waals surface area contributed by atoms with Crippen LogP contribution in [0.2, 0.25) is 0 Å². The highest BCUT2D eigenvalue weighted by atomic mass is 16.2. The Bertz CT molecular complexity index is 611. The van der Waals surface area contributed by atoms with Crippen LogP contribution in [0.3, 0.4) is 0 Å². The Morgan fingerprint density at radius 3 is 2.17 bits per heavy atom. The largest absolute Gasteiger partial charge is 0.352 e. The molecule has 0 radical (unpaired) electrons. The molecule has 7 heteroatoms. The van der Waals surface area contributed by atoms with Crippen molar-refractivity contribution in [1.82, 2.24) is 10.2 Å².